The van der Waals surface area contributed by atoms with Gasteiger partial charge in [-0.15, -0.1) is 0 Å². The summed E-state index contributed by atoms with van der Waals surface area (Å²) >= 11 is 0. The van der Waals surface area contributed by atoms with Crippen molar-refractivity contribution in [1.82, 2.24) is 20.4 Å². The van der Waals surface area contributed by atoms with E-state index in [9.17, 15) is 4.79 Å². The molecule has 0 radical (unpaired) electrons. The number of rotatable bonds is 2. The molecule has 132 valence electrons. The highest BCUT2D eigenvalue weighted by atomic mass is 16.5. The van der Waals surface area contributed by atoms with Crippen LogP contribution in [0, 0.1) is 0 Å². The van der Waals surface area contributed by atoms with E-state index in [1.165, 1.54) is 0 Å². The van der Waals surface area contributed by atoms with Crippen molar-refractivity contribution in [2.75, 3.05) is 6.54 Å². The maximum atomic E-state index is 12.4. The quantitative estimate of drug-likeness (QED) is 0.735. The van der Waals surface area contributed by atoms with Gasteiger partial charge in [-0.25, -0.2) is 0 Å². The lowest BCUT2D eigenvalue weighted by atomic mass is 10.0. The molecule has 4 heterocycles. The molecule has 0 spiro atoms. The SMILES string of the molecule is CC1Cc2cc(-c3nc(-c4cc5c([nH]c4=O)CCNC5)no3)ccc2O1. The third-order valence-electron chi connectivity index (χ3n) is 4.89. The molecule has 3 aromatic rings. The van der Waals surface area contributed by atoms with Gasteiger partial charge in [0.25, 0.3) is 11.4 Å². The zero-order valence-corrected chi connectivity index (χ0v) is 14.3. The van der Waals surface area contributed by atoms with Gasteiger partial charge in [-0.1, -0.05) is 5.16 Å². The molecule has 2 aromatic heterocycles. The van der Waals surface area contributed by atoms with Gasteiger partial charge in [-0.3, -0.25) is 4.79 Å². The predicted molar refractivity (Wildman–Crippen MR) is 95.0 cm³/mol. The molecule has 1 atom stereocenters. The maximum Gasteiger partial charge on any atom is 0.259 e. The van der Waals surface area contributed by atoms with Gasteiger partial charge in [0.05, 0.1) is 5.56 Å². The highest BCUT2D eigenvalue weighted by Crippen LogP contribution is 2.32. The second kappa shape index (κ2) is 5.81. The van der Waals surface area contributed by atoms with Crippen LogP contribution in [-0.4, -0.2) is 27.8 Å². The molecular formula is C19H18N4O3. The van der Waals surface area contributed by atoms with E-state index < -0.39 is 0 Å². The van der Waals surface area contributed by atoms with Gasteiger partial charge in [0.15, 0.2) is 0 Å². The molecule has 7 nitrogen and oxygen atoms in total. The van der Waals surface area contributed by atoms with E-state index in [-0.39, 0.29) is 11.7 Å². The Balaban J connectivity index is 1.51. The van der Waals surface area contributed by atoms with E-state index in [2.05, 4.69) is 20.4 Å². The highest BCUT2D eigenvalue weighted by Gasteiger charge is 2.22. The number of fused-ring (bicyclic) bond motifs is 2. The van der Waals surface area contributed by atoms with Crippen molar-refractivity contribution in [3.63, 3.8) is 0 Å². The van der Waals surface area contributed by atoms with Gasteiger partial charge in [0.2, 0.25) is 5.82 Å². The molecule has 26 heavy (non-hydrogen) atoms. The molecule has 0 fully saturated rings. The minimum atomic E-state index is -0.186. The van der Waals surface area contributed by atoms with Gasteiger partial charge in [0.1, 0.15) is 11.9 Å². The molecule has 2 N–H and O–H groups in total. The largest absolute Gasteiger partial charge is 0.490 e. The van der Waals surface area contributed by atoms with Crippen molar-refractivity contribution < 1.29 is 9.26 Å². The third-order valence-corrected chi connectivity index (χ3v) is 4.89. The summed E-state index contributed by atoms with van der Waals surface area (Å²) < 4.78 is 11.1. The minimum absolute atomic E-state index is 0.182. The summed E-state index contributed by atoms with van der Waals surface area (Å²) in [5.41, 5.74) is 4.26. The molecule has 1 aromatic carbocycles. The Morgan fingerprint density at radius 3 is 3.08 bits per heavy atom. The molecule has 2 aliphatic rings. The van der Waals surface area contributed by atoms with E-state index in [0.717, 1.165) is 54.1 Å². The van der Waals surface area contributed by atoms with E-state index in [1.54, 1.807) is 0 Å². The highest BCUT2D eigenvalue weighted by molar-refractivity contribution is 5.62. The van der Waals surface area contributed by atoms with Crippen LogP contribution in [0.15, 0.2) is 33.6 Å². The van der Waals surface area contributed by atoms with Crippen LogP contribution in [0.3, 0.4) is 0 Å². The first-order valence-electron chi connectivity index (χ1n) is 8.77. The van der Waals surface area contributed by atoms with Crippen molar-refractivity contribution in [2.45, 2.75) is 32.4 Å². The first-order valence-corrected chi connectivity index (χ1v) is 8.77. The lowest BCUT2D eigenvalue weighted by Gasteiger charge is -2.16. The monoisotopic (exact) mass is 350 g/mol. The molecular weight excluding hydrogens is 332 g/mol. The lowest BCUT2D eigenvalue weighted by Crippen LogP contribution is -2.27. The van der Waals surface area contributed by atoms with Crippen molar-refractivity contribution in [3.8, 4) is 28.6 Å². The standard InChI is InChI=1S/C19H18N4O3/c1-10-6-12-7-11(2-3-16(12)25-10)19-22-17(23-26-19)14-8-13-9-20-5-4-15(13)21-18(14)24/h2-3,7-8,10,20H,4-6,9H2,1H3,(H,21,24). The molecule has 0 saturated heterocycles. The Morgan fingerprint density at radius 2 is 2.15 bits per heavy atom. The molecule has 1 unspecified atom stereocenters. The van der Waals surface area contributed by atoms with Crippen LogP contribution in [0.25, 0.3) is 22.8 Å². The Morgan fingerprint density at radius 1 is 1.23 bits per heavy atom. The number of nitrogens with zero attached hydrogens (tertiary/aromatic N) is 2. The number of hydrogen-bond donors (Lipinski definition) is 2. The third kappa shape index (κ3) is 2.52. The molecule has 0 saturated carbocycles. The first kappa shape index (κ1) is 15.3. The van der Waals surface area contributed by atoms with Gasteiger partial charge in [0, 0.05) is 37.2 Å². The predicted octanol–water partition coefficient (Wildman–Crippen LogP) is 2.06. The molecule has 5 rings (SSSR count). The maximum absolute atomic E-state index is 12.4. The van der Waals surface area contributed by atoms with Gasteiger partial charge in [-0.05, 0) is 42.3 Å². The van der Waals surface area contributed by atoms with Crippen molar-refractivity contribution in [1.29, 1.82) is 0 Å². The van der Waals surface area contributed by atoms with Crippen molar-refractivity contribution in [2.24, 2.45) is 0 Å². The van der Waals surface area contributed by atoms with E-state index >= 15 is 0 Å². The minimum Gasteiger partial charge on any atom is -0.490 e. The summed E-state index contributed by atoms with van der Waals surface area (Å²) in [6, 6.07) is 7.69. The summed E-state index contributed by atoms with van der Waals surface area (Å²) in [6.07, 6.45) is 1.86. The van der Waals surface area contributed by atoms with Crippen molar-refractivity contribution in [3.05, 3.63) is 51.4 Å². The number of ether oxygens (including phenoxy) is 1. The lowest BCUT2D eigenvalue weighted by molar-refractivity contribution is 0.254. The molecule has 2 aliphatic heterocycles. The van der Waals surface area contributed by atoms with Gasteiger partial charge in [-0.2, -0.15) is 4.98 Å². The number of pyridine rings is 1. The summed E-state index contributed by atoms with van der Waals surface area (Å²) in [7, 11) is 0. The van der Waals surface area contributed by atoms with Crippen LogP contribution in [-0.2, 0) is 19.4 Å². The number of H-pyrrole nitrogens is 1. The Kier molecular flexibility index (Phi) is 3.43. The average Bonchev–Trinajstić information content (AvgIpc) is 3.26. The number of benzene rings is 1. The summed E-state index contributed by atoms with van der Waals surface area (Å²) in [5.74, 6) is 1.61. The number of nitrogens with one attached hydrogen (secondary N) is 2. The van der Waals surface area contributed by atoms with Crippen molar-refractivity contribution >= 4 is 0 Å². The van der Waals surface area contributed by atoms with Crippen LogP contribution in [0.5, 0.6) is 5.75 Å². The fraction of sp³-hybridized carbons (Fsp3) is 0.316. The van der Waals surface area contributed by atoms with Crippen LogP contribution >= 0.6 is 0 Å². The zero-order chi connectivity index (χ0) is 17.7. The smallest absolute Gasteiger partial charge is 0.259 e. The van der Waals surface area contributed by atoms with E-state index in [0.29, 0.717) is 17.3 Å². The molecule has 0 aliphatic carbocycles. The molecule has 0 bridgehead atoms. The number of aromatic amines is 1. The second-order valence-electron chi connectivity index (χ2n) is 6.82. The number of hydrogen-bond acceptors (Lipinski definition) is 6. The van der Waals surface area contributed by atoms with E-state index in [4.69, 9.17) is 9.26 Å². The van der Waals surface area contributed by atoms with Crippen LogP contribution < -0.4 is 15.6 Å². The van der Waals surface area contributed by atoms with Gasteiger partial charge < -0.3 is 19.6 Å². The molecule has 7 heteroatoms. The van der Waals surface area contributed by atoms with Crippen LogP contribution in [0.4, 0.5) is 0 Å². The molecule has 0 amide bonds. The normalized spacial score (nSPS) is 18.3. The summed E-state index contributed by atoms with van der Waals surface area (Å²) in [4.78, 5) is 19.8. The van der Waals surface area contributed by atoms with Crippen LogP contribution in [0.1, 0.15) is 23.7 Å². The Hall–Kier alpha value is -2.93. The average molecular weight is 350 g/mol. The van der Waals surface area contributed by atoms with Crippen LogP contribution in [0.2, 0.25) is 0 Å². The first-order chi connectivity index (χ1) is 12.7. The second-order valence-corrected chi connectivity index (χ2v) is 6.82. The number of aromatic nitrogens is 3. The Labute approximate surface area is 149 Å². The van der Waals surface area contributed by atoms with Gasteiger partial charge >= 0.3 is 0 Å². The Bertz CT molecular complexity index is 1050. The fourth-order valence-corrected chi connectivity index (χ4v) is 3.60. The zero-order valence-electron chi connectivity index (χ0n) is 14.3. The van der Waals surface area contributed by atoms with E-state index in [1.807, 2.05) is 31.2 Å². The topological polar surface area (TPSA) is 93.0 Å². The fourth-order valence-electron chi connectivity index (χ4n) is 3.60. The summed E-state index contributed by atoms with van der Waals surface area (Å²) in [5, 5.41) is 7.32. The summed E-state index contributed by atoms with van der Waals surface area (Å²) in [6.45, 7) is 3.64.